The van der Waals surface area contributed by atoms with E-state index in [9.17, 15) is 22.8 Å². The van der Waals surface area contributed by atoms with Crippen LogP contribution in [0.3, 0.4) is 0 Å². The summed E-state index contributed by atoms with van der Waals surface area (Å²) in [6, 6.07) is 11.2. The van der Waals surface area contributed by atoms with Crippen molar-refractivity contribution >= 4 is 29.1 Å². The zero-order chi connectivity index (χ0) is 24.3. The number of piperidine rings is 1. The highest BCUT2D eigenvalue weighted by Crippen LogP contribution is 2.31. The van der Waals surface area contributed by atoms with Crippen molar-refractivity contribution in [3.8, 4) is 0 Å². The van der Waals surface area contributed by atoms with Crippen molar-refractivity contribution in [1.29, 1.82) is 0 Å². The van der Waals surface area contributed by atoms with Crippen LogP contribution >= 0.6 is 11.6 Å². The van der Waals surface area contributed by atoms with E-state index in [1.807, 2.05) is 4.90 Å². The highest BCUT2D eigenvalue weighted by molar-refractivity contribution is 6.30. The number of morpholine rings is 1. The Kier molecular flexibility index (Phi) is 7.16. The Balaban J connectivity index is 1.29. The molecule has 34 heavy (non-hydrogen) atoms. The van der Waals surface area contributed by atoms with Gasteiger partial charge in [0.25, 0.3) is 5.91 Å². The molecule has 6 nitrogen and oxygen atoms in total. The third kappa shape index (κ3) is 5.89. The van der Waals surface area contributed by atoms with Gasteiger partial charge in [-0.25, -0.2) is 0 Å². The van der Waals surface area contributed by atoms with Crippen LogP contribution in [0.5, 0.6) is 0 Å². The number of benzene rings is 2. The summed E-state index contributed by atoms with van der Waals surface area (Å²) in [7, 11) is 0. The molecular formula is C24H25ClF3N3O3. The fourth-order valence-electron chi connectivity index (χ4n) is 4.40. The molecule has 2 aliphatic rings. The second-order valence-electron chi connectivity index (χ2n) is 8.66. The summed E-state index contributed by atoms with van der Waals surface area (Å²) >= 11 is 5.90. The van der Waals surface area contributed by atoms with E-state index in [1.165, 1.54) is 12.1 Å². The molecule has 2 fully saturated rings. The van der Waals surface area contributed by atoms with Crippen LogP contribution in [0.15, 0.2) is 48.5 Å². The first kappa shape index (κ1) is 24.5. The summed E-state index contributed by atoms with van der Waals surface area (Å²) in [4.78, 5) is 29.0. The Bertz CT molecular complexity index is 1020. The number of rotatable bonds is 4. The van der Waals surface area contributed by atoms with E-state index in [0.29, 0.717) is 61.9 Å². The van der Waals surface area contributed by atoms with Crippen LogP contribution in [-0.2, 0) is 15.7 Å². The fraction of sp³-hybridized carbons (Fsp3) is 0.417. The zero-order valence-electron chi connectivity index (χ0n) is 18.4. The Morgan fingerprint density at radius 2 is 1.65 bits per heavy atom. The van der Waals surface area contributed by atoms with Crippen LogP contribution in [0.2, 0.25) is 5.02 Å². The minimum atomic E-state index is -4.42. The second-order valence-corrected chi connectivity index (χ2v) is 9.10. The van der Waals surface area contributed by atoms with Gasteiger partial charge in [0.15, 0.2) is 0 Å². The molecule has 0 saturated carbocycles. The number of nitrogens with zero attached hydrogens (tertiary/aromatic N) is 2. The number of amides is 2. The van der Waals surface area contributed by atoms with Crippen molar-refractivity contribution < 1.29 is 27.5 Å². The van der Waals surface area contributed by atoms with Crippen LogP contribution in [0.4, 0.5) is 18.9 Å². The molecule has 2 aromatic carbocycles. The molecule has 0 aliphatic carbocycles. The Morgan fingerprint density at radius 1 is 1.00 bits per heavy atom. The van der Waals surface area contributed by atoms with Gasteiger partial charge in [0.05, 0.1) is 24.3 Å². The maximum absolute atomic E-state index is 12.8. The predicted octanol–water partition coefficient (Wildman–Crippen LogP) is 4.30. The lowest BCUT2D eigenvalue weighted by molar-refractivity contribution is -0.139. The van der Waals surface area contributed by atoms with Crippen molar-refractivity contribution in [1.82, 2.24) is 9.80 Å². The van der Waals surface area contributed by atoms with E-state index < -0.39 is 17.3 Å². The van der Waals surface area contributed by atoms with Gasteiger partial charge in [-0.05, 0) is 61.4 Å². The molecule has 2 heterocycles. The van der Waals surface area contributed by atoms with Crippen LogP contribution < -0.4 is 5.32 Å². The molecule has 0 aromatic heterocycles. The molecule has 1 spiro atoms. The van der Waals surface area contributed by atoms with Crippen LogP contribution in [0.1, 0.15) is 28.8 Å². The highest BCUT2D eigenvalue weighted by atomic mass is 35.5. The number of alkyl halides is 3. The number of ether oxygens (including phenoxy) is 1. The first-order valence-electron chi connectivity index (χ1n) is 11.0. The van der Waals surface area contributed by atoms with Crippen molar-refractivity contribution in [2.24, 2.45) is 0 Å². The number of halogens is 4. The van der Waals surface area contributed by atoms with Gasteiger partial charge in [-0.2, -0.15) is 13.2 Å². The Morgan fingerprint density at radius 3 is 2.26 bits per heavy atom. The number of anilines is 1. The van der Waals surface area contributed by atoms with Gasteiger partial charge in [-0.3, -0.25) is 14.5 Å². The number of carbonyl (C=O) groups excluding carboxylic acids is 2. The zero-order valence-corrected chi connectivity index (χ0v) is 19.2. The highest BCUT2D eigenvalue weighted by Gasteiger charge is 2.41. The fourth-order valence-corrected chi connectivity index (χ4v) is 4.53. The summed E-state index contributed by atoms with van der Waals surface area (Å²) in [6.07, 6.45) is -3.10. The minimum Gasteiger partial charge on any atom is -0.372 e. The van der Waals surface area contributed by atoms with Gasteiger partial charge in [-0.15, -0.1) is 0 Å². The first-order chi connectivity index (χ1) is 16.1. The van der Waals surface area contributed by atoms with E-state index >= 15 is 0 Å². The molecular weight excluding hydrogens is 471 g/mol. The van der Waals surface area contributed by atoms with Crippen LogP contribution in [-0.4, -0.2) is 66.5 Å². The van der Waals surface area contributed by atoms with Crippen molar-refractivity contribution in [2.75, 3.05) is 44.6 Å². The number of likely N-dealkylation sites (tertiary alicyclic amines) is 1. The van der Waals surface area contributed by atoms with Crippen LogP contribution in [0.25, 0.3) is 0 Å². The molecule has 2 aromatic rings. The standard InChI is InChI=1S/C24H25ClF3N3O3/c25-19-5-1-17(2-6-19)22(33)31-11-9-23(10-12-31)16-30(13-14-34-23)15-21(32)29-20-7-3-18(4-8-20)24(26,27)28/h1-8H,9-16H2,(H,29,32). The molecule has 0 unspecified atom stereocenters. The van der Waals surface area contributed by atoms with Gasteiger partial charge in [0.1, 0.15) is 0 Å². The average molecular weight is 496 g/mol. The summed E-state index contributed by atoms with van der Waals surface area (Å²) in [5.41, 5.74) is -0.285. The van der Waals surface area contributed by atoms with E-state index in [2.05, 4.69) is 5.32 Å². The topological polar surface area (TPSA) is 61.9 Å². The Labute approximate surface area is 200 Å². The number of nitrogens with one attached hydrogen (secondary N) is 1. The number of hydrogen-bond acceptors (Lipinski definition) is 4. The molecule has 2 aliphatic heterocycles. The minimum absolute atomic E-state index is 0.0462. The molecule has 182 valence electrons. The van der Waals surface area contributed by atoms with Crippen molar-refractivity contribution in [3.05, 3.63) is 64.7 Å². The molecule has 4 rings (SSSR count). The SMILES string of the molecule is O=C(CN1CCOC2(CCN(C(=O)c3ccc(Cl)cc3)CC2)C1)Nc1ccc(C(F)(F)F)cc1. The normalized spacial score (nSPS) is 18.6. The summed E-state index contributed by atoms with van der Waals surface area (Å²) in [5.74, 6) is -0.345. The monoisotopic (exact) mass is 495 g/mol. The lowest BCUT2D eigenvalue weighted by Gasteiger charge is -2.47. The Hall–Kier alpha value is -2.62. The quantitative estimate of drug-likeness (QED) is 0.687. The van der Waals surface area contributed by atoms with E-state index in [1.54, 1.807) is 29.2 Å². The lowest BCUT2D eigenvalue weighted by atomic mass is 9.89. The van der Waals surface area contributed by atoms with E-state index in [4.69, 9.17) is 16.3 Å². The summed E-state index contributed by atoms with van der Waals surface area (Å²) < 4.78 is 44.2. The van der Waals surface area contributed by atoms with Gasteiger partial charge >= 0.3 is 6.18 Å². The van der Waals surface area contributed by atoms with Crippen LogP contribution in [0, 0.1) is 0 Å². The van der Waals surface area contributed by atoms with E-state index in [-0.39, 0.29) is 18.4 Å². The molecule has 10 heteroatoms. The molecule has 2 saturated heterocycles. The summed E-state index contributed by atoms with van der Waals surface area (Å²) in [5, 5.41) is 3.23. The maximum atomic E-state index is 12.8. The van der Waals surface area contributed by atoms with Gasteiger partial charge < -0.3 is 15.0 Å². The van der Waals surface area contributed by atoms with Crippen molar-refractivity contribution in [3.63, 3.8) is 0 Å². The summed E-state index contributed by atoms with van der Waals surface area (Å²) in [6.45, 7) is 2.81. The molecule has 2 amide bonds. The lowest BCUT2D eigenvalue weighted by Crippen LogP contribution is -2.58. The molecule has 0 atom stereocenters. The van der Waals surface area contributed by atoms with Crippen molar-refractivity contribution in [2.45, 2.75) is 24.6 Å². The number of carbonyl (C=O) groups is 2. The largest absolute Gasteiger partial charge is 0.416 e. The number of hydrogen-bond donors (Lipinski definition) is 1. The molecule has 0 radical (unpaired) electrons. The van der Waals surface area contributed by atoms with Gasteiger partial charge in [0.2, 0.25) is 5.91 Å². The molecule has 1 N–H and O–H groups in total. The maximum Gasteiger partial charge on any atom is 0.416 e. The first-order valence-corrected chi connectivity index (χ1v) is 11.4. The van der Waals surface area contributed by atoms with E-state index in [0.717, 1.165) is 12.1 Å². The smallest absolute Gasteiger partial charge is 0.372 e. The third-order valence-corrected chi connectivity index (χ3v) is 6.50. The second kappa shape index (κ2) is 9.93. The average Bonchev–Trinajstić information content (AvgIpc) is 2.79. The van der Waals surface area contributed by atoms with Gasteiger partial charge in [0, 0.05) is 42.5 Å². The van der Waals surface area contributed by atoms with Gasteiger partial charge in [-0.1, -0.05) is 11.6 Å². The third-order valence-electron chi connectivity index (χ3n) is 6.24. The predicted molar refractivity (Wildman–Crippen MR) is 122 cm³/mol. The molecule has 0 bridgehead atoms.